The Morgan fingerprint density at radius 1 is 1.10 bits per heavy atom. The summed E-state index contributed by atoms with van der Waals surface area (Å²) >= 11 is 0. The molecule has 2 heterocycles. The van der Waals surface area contributed by atoms with E-state index in [0.717, 1.165) is 19.5 Å². The molecule has 0 radical (unpaired) electrons. The number of hydrogen-bond acceptors (Lipinski definition) is 4. The van der Waals surface area contributed by atoms with Gasteiger partial charge in [-0.25, -0.2) is 8.42 Å². The average Bonchev–Trinajstić information content (AvgIpc) is 2.72. The third kappa shape index (κ3) is 3.00. The molecule has 2 aliphatic heterocycles. The standard InChI is InChI=1S/C14H20N2O4S/c1-15-5-2-6-16(8-7-15)21(17,18)12-3-4-13-14(11-12)20-10-9-19-13/h3-4,11H,2,5-10H2,1H3/p+1. The monoisotopic (exact) mass is 313 g/mol. The first-order valence-corrected chi connectivity index (χ1v) is 8.72. The minimum Gasteiger partial charge on any atom is -0.486 e. The van der Waals surface area contributed by atoms with E-state index in [1.54, 1.807) is 22.5 Å². The van der Waals surface area contributed by atoms with Gasteiger partial charge in [-0.1, -0.05) is 0 Å². The molecular formula is C14H21N2O4S+. The molecule has 2 aliphatic rings. The number of fused-ring (bicyclic) bond motifs is 1. The third-order valence-electron chi connectivity index (χ3n) is 3.95. The molecule has 0 amide bonds. The van der Waals surface area contributed by atoms with Gasteiger partial charge in [-0.05, 0) is 12.1 Å². The van der Waals surface area contributed by atoms with Gasteiger partial charge in [0.1, 0.15) is 13.2 Å². The zero-order chi connectivity index (χ0) is 14.9. The molecular weight excluding hydrogens is 292 g/mol. The van der Waals surface area contributed by atoms with Gasteiger partial charge in [0.25, 0.3) is 0 Å². The van der Waals surface area contributed by atoms with Gasteiger partial charge in [0, 0.05) is 19.0 Å². The lowest BCUT2D eigenvalue weighted by Crippen LogP contribution is -3.09. The number of ether oxygens (including phenoxy) is 2. The maximum Gasteiger partial charge on any atom is 0.243 e. The molecule has 1 fully saturated rings. The Kier molecular flexibility index (Phi) is 4.05. The minimum absolute atomic E-state index is 0.284. The van der Waals surface area contributed by atoms with Crippen molar-refractivity contribution in [3.8, 4) is 11.5 Å². The van der Waals surface area contributed by atoms with Crippen LogP contribution in [-0.4, -0.2) is 59.2 Å². The molecule has 3 rings (SSSR count). The Morgan fingerprint density at radius 2 is 1.86 bits per heavy atom. The lowest BCUT2D eigenvalue weighted by Gasteiger charge is -2.22. The summed E-state index contributed by atoms with van der Waals surface area (Å²) in [7, 11) is -1.36. The summed E-state index contributed by atoms with van der Waals surface area (Å²) in [5, 5.41) is 0. The largest absolute Gasteiger partial charge is 0.486 e. The lowest BCUT2D eigenvalue weighted by atomic mass is 10.3. The fourth-order valence-electron chi connectivity index (χ4n) is 2.68. The molecule has 21 heavy (non-hydrogen) atoms. The number of nitrogens with one attached hydrogen (secondary N) is 1. The van der Waals surface area contributed by atoms with Crippen LogP contribution in [0.15, 0.2) is 23.1 Å². The highest BCUT2D eigenvalue weighted by molar-refractivity contribution is 7.89. The van der Waals surface area contributed by atoms with Crippen LogP contribution in [0.4, 0.5) is 0 Å². The molecule has 7 heteroatoms. The summed E-state index contributed by atoms with van der Waals surface area (Å²) in [4.78, 5) is 1.65. The molecule has 1 atom stereocenters. The summed E-state index contributed by atoms with van der Waals surface area (Å²) < 4.78 is 38.0. The molecule has 0 aliphatic carbocycles. The predicted molar refractivity (Wildman–Crippen MR) is 77.4 cm³/mol. The minimum atomic E-state index is -3.46. The van der Waals surface area contributed by atoms with Crippen LogP contribution in [0.2, 0.25) is 0 Å². The van der Waals surface area contributed by atoms with Crippen LogP contribution in [-0.2, 0) is 10.0 Å². The predicted octanol–water partition coefficient (Wildman–Crippen LogP) is -0.633. The lowest BCUT2D eigenvalue weighted by molar-refractivity contribution is -0.877. The third-order valence-corrected chi connectivity index (χ3v) is 5.85. The molecule has 6 nitrogen and oxygen atoms in total. The van der Waals surface area contributed by atoms with Crippen molar-refractivity contribution in [3.63, 3.8) is 0 Å². The maximum atomic E-state index is 12.8. The summed E-state index contributed by atoms with van der Waals surface area (Å²) in [6.45, 7) is 3.93. The molecule has 116 valence electrons. The Morgan fingerprint density at radius 3 is 2.67 bits per heavy atom. The SMILES string of the molecule is C[NH+]1CCCN(S(=O)(=O)c2ccc3c(c2)OCCO3)CC1. The van der Waals surface area contributed by atoms with E-state index in [9.17, 15) is 8.42 Å². The molecule has 1 aromatic rings. The maximum absolute atomic E-state index is 12.8. The number of rotatable bonds is 2. The molecule has 0 spiro atoms. The molecule has 1 unspecified atom stereocenters. The smallest absolute Gasteiger partial charge is 0.243 e. The second kappa shape index (κ2) is 5.82. The van der Waals surface area contributed by atoms with Crippen molar-refractivity contribution >= 4 is 10.0 Å². The number of quaternary nitrogens is 1. The number of likely N-dealkylation sites (N-methyl/N-ethyl adjacent to an activating group) is 1. The normalized spacial score (nSPS) is 23.6. The van der Waals surface area contributed by atoms with E-state index in [-0.39, 0.29) is 4.90 Å². The van der Waals surface area contributed by atoms with Gasteiger partial charge < -0.3 is 14.4 Å². The second-order valence-corrected chi connectivity index (χ2v) is 7.46. The Balaban J connectivity index is 1.87. The second-order valence-electron chi connectivity index (χ2n) is 5.52. The molecule has 0 bridgehead atoms. The zero-order valence-electron chi connectivity index (χ0n) is 12.2. The van der Waals surface area contributed by atoms with Gasteiger partial charge in [0.2, 0.25) is 10.0 Å². The number of sulfonamides is 1. The Bertz CT molecular complexity index is 617. The van der Waals surface area contributed by atoms with Crippen molar-refractivity contribution in [1.82, 2.24) is 4.31 Å². The summed E-state index contributed by atoms with van der Waals surface area (Å²) in [6, 6.07) is 4.85. The Labute approximate surface area is 125 Å². The summed E-state index contributed by atoms with van der Waals surface area (Å²) in [5.74, 6) is 1.13. The average molecular weight is 313 g/mol. The van der Waals surface area contributed by atoms with Crippen LogP contribution < -0.4 is 14.4 Å². The van der Waals surface area contributed by atoms with Gasteiger partial charge in [0.05, 0.1) is 31.6 Å². The van der Waals surface area contributed by atoms with Crippen LogP contribution in [0.3, 0.4) is 0 Å². The first kappa shape index (κ1) is 14.6. The highest BCUT2D eigenvalue weighted by Gasteiger charge is 2.28. The van der Waals surface area contributed by atoms with E-state index in [1.807, 2.05) is 0 Å². The van der Waals surface area contributed by atoms with Gasteiger partial charge in [-0.15, -0.1) is 0 Å². The quantitative estimate of drug-likeness (QED) is 0.790. The molecule has 0 aromatic heterocycles. The highest BCUT2D eigenvalue weighted by Crippen LogP contribution is 2.33. The van der Waals surface area contributed by atoms with E-state index in [1.165, 1.54) is 4.90 Å². The van der Waals surface area contributed by atoms with Crippen LogP contribution >= 0.6 is 0 Å². The van der Waals surface area contributed by atoms with Crippen molar-refractivity contribution < 1.29 is 22.8 Å². The van der Waals surface area contributed by atoms with Gasteiger partial charge in [-0.3, -0.25) is 0 Å². The fourth-order valence-corrected chi connectivity index (χ4v) is 4.18. The van der Waals surface area contributed by atoms with E-state index < -0.39 is 10.0 Å². The van der Waals surface area contributed by atoms with E-state index in [4.69, 9.17) is 9.47 Å². The van der Waals surface area contributed by atoms with Crippen molar-refractivity contribution in [2.24, 2.45) is 0 Å². The topological polar surface area (TPSA) is 60.3 Å². The summed E-state index contributed by atoms with van der Waals surface area (Å²) in [6.07, 6.45) is 0.885. The molecule has 1 aromatic carbocycles. The first-order chi connectivity index (χ1) is 10.1. The zero-order valence-corrected chi connectivity index (χ0v) is 13.0. The van der Waals surface area contributed by atoms with Gasteiger partial charge >= 0.3 is 0 Å². The van der Waals surface area contributed by atoms with Crippen molar-refractivity contribution in [1.29, 1.82) is 0 Å². The molecule has 0 saturated carbocycles. The number of benzene rings is 1. The number of hydrogen-bond donors (Lipinski definition) is 1. The van der Waals surface area contributed by atoms with Crippen LogP contribution in [0.5, 0.6) is 11.5 Å². The van der Waals surface area contributed by atoms with E-state index >= 15 is 0 Å². The van der Waals surface area contributed by atoms with Crippen LogP contribution in [0.1, 0.15) is 6.42 Å². The van der Waals surface area contributed by atoms with Crippen LogP contribution in [0.25, 0.3) is 0 Å². The van der Waals surface area contributed by atoms with E-state index in [0.29, 0.717) is 37.8 Å². The van der Waals surface area contributed by atoms with Crippen LogP contribution in [0, 0.1) is 0 Å². The van der Waals surface area contributed by atoms with Crippen molar-refractivity contribution in [3.05, 3.63) is 18.2 Å². The molecule has 1 saturated heterocycles. The summed E-state index contributed by atoms with van der Waals surface area (Å²) in [5.41, 5.74) is 0. The van der Waals surface area contributed by atoms with Gasteiger partial charge in [0.15, 0.2) is 11.5 Å². The highest BCUT2D eigenvalue weighted by atomic mass is 32.2. The Hall–Kier alpha value is -1.31. The first-order valence-electron chi connectivity index (χ1n) is 7.28. The number of nitrogens with zero attached hydrogens (tertiary/aromatic N) is 1. The van der Waals surface area contributed by atoms with Gasteiger partial charge in [-0.2, -0.15) is 4.31 Å². The van der Waals surface area contributed by atoms with E-state index in [2.05, 4.69) is 7.05 Å². The molecule has 1 N–H and O–H groups in total. The fraction of sp³-hybridized carbons (Fsp3) is 0.571. The van der Waals surface area contributed by atoms with Crippen molar-refractivity contribution in [2.45, 2.75) is 11.3 Å². The van der Waals surface area contributed by atoms with Crippen molar-refractivity contribution in [2.75, 3.05) is 46.4 Å².